The van der Waals surface area contributed by atoms with E-state index >= 15 is 0 Å². The molecule has 6 heteroatoms. The maximum absolute atomic E-state index is 11.6. The summed E-state index contributed by atoms with van der Waals surface area (Å²) in [7, 11) is 0. The van der Waals surface area contributed by atoms with E-state index < -0.39 is 30.3 Å². The number of aliphatic hydroxyl groups excluding tert-OH is 2. The minimum absolute atomic E-state index is 0.294. The van der Waals surface area contributed by atoms with Gasteiger partial charge in [0.1, 0.15) is 12.7 Å². The molecule has 1 aromatic carbocycles. The fraction of sp³-hybridized carbons (Fsp3) is 0.333. The van der Waals surface area contributed by atoms with Crippen molar-refractivity contribution in [3.8, 4) is 0 Å². The van der Waals surface area contributed by atoms with Crippen LogP contribution in [0.2, 0.25) is 0 Å². The second kappa shape index (κ2) is 5.16. The number of carbonyl (C=O) groups is 2. The maximum Gasteiger partial charge on any atom is 0.338 e. The predicted molar refractivity (Wildman–Crippen MR) is 58.6 cm³/mol. The zero-order chi connectivity index (χ0) is 13.1. The molecule has 3 atom stereocenters. The molecule has 1 fully saturated rings. The van der Waals surface area contributed by atoms with E-state index in [-0.39, 0.29) is 6.61 Å². The molecule has 1 aliphatic rings. The molecular formula is C12H12O6. The van der Waals surface area contributed by atoms with E-state index in [9.17, 15) is 14.7 Å². The van der Waals surface area contributed by atoms with Crippen LogP contribution in [0.5, 0.6) is 0 Å². The third-order valence-electron chi connectivity index (χ3n) is 2.60. The van der Waals surface area contributed by atoms with Crippen LogP contribution in [0.1, 0.15) is 10.4 Å². The highest BCUT2D eigenvalue weighted by Crippen LogP contribution is 2.16. The number of hydrogen-bond donors (Lipinski definition) is 2. The summed E-state index contributed by atoms with van der Waals surface area (Å²) in [6, 6.07) is 8.29. The summed E-state index contributed by atoms with van der Waals surface area (Å²) in [6.45, 7) is -0.294. The molecule has 0 amide bonds. The first-order chi connectivity index (χ1) is 8.59. The molecule has 0 saturated carbocycles. The van der Waals surface area contributed by atoms with E-state index in [0.717, 1.165) is 0 Å². The molecule has 6 nitrogen and oxygen atoms in total. The van der Waals surface area contributed by atoms with Crippen LogP contribution >= 0.6 is 0 Å². The molecule has 2 N–H and O–H groups in total. The molecule has 0 spiro atoms. The molecule has 0 bridgehead atoms. The molecule has 0 unspecified atom stereocenters. The highest BCUT2D eigenvalue weighted by Gasteiger charge is 2.43. The molecule has 0 radical (unpaired) electrons. The number of aliphatic hydroxyl groups is 2. The largest absolute Gasteiger partial charge is 0.458 e. The SMILES string of the molecule is O=C(OC[C@H]1OC(=O)[C@H](O)[C@@H]1O)c1ccccc1. The second-order valence-electron chi connectivity index (χ2n) is 3.88. The van der Waals surface area contributed by atoms with Gasteiger partial charge in [0.05, 0.1) is 5.56 Å². The highest BCUT2D eigenvalue weighted by molar-refractivity contribution is 5.89. The molecule has 18 heavy (non-hydrogen) atoms. The lowest BCUT2D eigenvalue weighted by Crippen LogP contribution is -2.34. The van der Waals surface area contributed by atoms with E-state index in [1.165, 1.54) is 0 Å². The van der Waals surface area contributed by atoms with E-state index in [0.29, 0.717) is 5.56 Å². The number of hydrogen-bond acceptors (Lipinski definition) is 6. The van der Waals surface area contributed by atoms with Crippen molar-refractivity contribution >= 4 is 11.9 Å². The Morgan fingerprint density at radius 3 is 2.50 bits per heavy atom. The van der Waals surface area contributed by atoms with Crippen molar-refractivity contribution in [3.63, 3.8) is 0 Å². The van der Waals surface area contributed by atoms with Gasteiger partial charge in [-0.15, -0.1) is 0 Å². The van der Waals surface area contributed by atoms with Crippen LogP contribution in [-0.4, -0.2) is 47.1 Å². The van der Waals surface area contributed by atoms with E-state index in [4.69, 9.17) is 9.84 Å². The number of ether oxygens (including phenoxy) is 2. The molecule has 0 aromatic heterocycles. The van der Waals surface area contributed by atoms with Gasteiger partial charge in [0.15, 0.2) is 12.2 Å². The minimum atomic E-state index is -1.58. The van der Waals surface area contributed by atoms with Gasteiger partial charge in [-0.25, -0.2) is 9.59 Å². The molecule has 1 saturated heterocycles. The Morgan fingerprint density at radius 2 is 1.94 bits per heavy atom. The van der Waals surface area contributed by atoms with Gasteiger partial charge in [-0.05, 0) is 12.1 Å². The Bertz CT molecular complexity index is 443. The summed E-state index contributed by atoms with van der Waals surface area (Å²) in [5.41, 5.74) is 0.358. The molecule has 2 rings (SSSR count). The van der Waals surface area contributed by atoms with Crippen molar-refractivity contribution in [1.82, 2.24) is 0 Å². The lowest BCUT2D eigenvalue weighted by molar-refractivity contribution is -0.148. The van der Waals surface area contributed by atoms with Gasteiger partial charge in [0, 0.05) is 0 Å². The first-order valence-electron chi connectivity index (χ1n) is 5.38. The van der Waals surface area contributed by atoms with Crippen LogP contribution in [0.3, 0.4) is 0 Å². The van der Waals surface area contributed by atoms with Gasteiger partial charge in [0.2, 0.25) is 0 Å². The van der Waals surface area contributed by atoms with Gasteiger partial charge in [-0.2, -0.15) is 0 Å². The van der Waals surface area contributed by atoms with Crippen LogP contribution in [0, 0.1) is 0 Å². The number of esters is 2. The Labute approximate surface area is 103 Å². The van der Waals surface area contributed by atoms with Gasteiger partial charge in [-0.3, -0.25) is 0 Å². The van der Waals surface area contributed by atoms with Gasteiger partial charge in [-0.1, -0.05) is 18.2 Å². The van der Waals surface area contributed by atoms with Crippen LogP contribution < -0.4 is 0 Å². The second-order valence-corrected chi connectivity index (χ2v) is 3.88. The minimum Gasteiger partial charge on any atom is -0.458 e. The lowest BCUT2D eigenvalue weighted by atomic mass is 10.1. The van der Waals surface area contributed by atoms with Crippen molar-refractivity contribution < 1.29 is 29.3 Å². The number of cyclic esters (lactones) is 1. The highest BCUT2D eigenvalue weighted by atomic mass is 16.6. The summed E-state index contributed by atoms with van der Waals surface area (Å²) < 4.78 is 9.55. The Kier molecular flexibility index (Phi) is 3.59. The van der Waals surface area contributed by atoms with Crippen molar-refractivity contribution in [2.75, 3.05) is 6.61 Å². The standard InChI is InChI=1S/C12H12O6/c13-9-8(18-12(16)10(9)14)6-17-11(15)7-4-2-1-3-5-7/h1-5,8-10,13-14H,6H2/t8-,9-,10-/m1/s1. The summed E-state index contributed by atoms with van der Waals surface area (Å²) in [5.74, 6) is -1.50. The third kappa shape index (κ3) is 2.49. The van der Waals surface area contributed by atoms with Crippen molar-refractivity contribution in [3.05, 3.63) is 35.9 Å². The maximum atomic E-state index is 11.6. The summed E-state index contributed by atoms with van der Waals surface area (Å²) in [4.78, 5) is 22.5. The number of carbonyl (C=O) groups excluding carboxylic acids is 2. The average molecular weight is 252 g/mol. The van der Waals surface area contributed by atoms with Crippen molar-refractivity contribution in [1.29, 1.82) is 0 Å². The number of benzene rings is 1. The van der Waals surface area contributed by atoms with Gasteiger partial charge >= 0.3 is 11.9 Å². The normalized spacial score (nSPS) is 26.8. The molecule has 96 valence electrons. The van der Waals surface area contributed by atoms with Crippen LogP contribution in [0.15, 0.2) is 30.3 Å². The summed E-state index contributed by atoms with van der Waals surface area (Å²) >= 11 is 0. The Hall–Kier alpha value is -1.92. The molecule has 1 aliphatic heterocycles. The molecule has 1 aromatic rings. The van der Waals surface area contributed by atoms with Crippen molar-refractivity contribution in [2.45, 2.75) is 18.3 Å². The molecule has 0 aliphatic carbocycles. The zero-order valence-electron chi connectivity index (χ0n) is 9.35. The van der Waals surface area contributed by atoms with E-state index in [1.807, 2.05) is 0 Å². The van der Waals surface area contributed by atoms with Crippen LogP contribution in [0.25, 0.3) is 0 Å². The fourth-order valence-corrected chi connectivity index (χ4v) is 1.58. The summed E-state index contributed by atoms with van der Waals surface area (Å²) in [6.07, 6.45) is -3.98. The Balaban J connectivity index is 1.89. The van der Waals surface area contributed by atoms with E-state index in [1.54, 1.807) is 30.3 Å². The Morgan fingerprint density at radius 1 is 1.28 bits per heavy atom. The third-order valence-corrected chi connectivity index (χ3v) is 2.60. The quantitative estimate of drug-likeness (QED) is 0.704. The zero-order valence-corrected chi connectivity index (χ0v) is 9.35. The lowest BCUT2D eigenvalue weighted by Gasteiger charge is -2.13. The monoisotopic (exact) mass is 252 g/mol. The van der Waals surface area contributed by atoms with Gasteiger partial charge in [0.25, 0.3) is 0 Å². The smallest absolute Gasteiger partial charge is 0.338 e. The van der Waals surface area contributed by atoms with Crippen molar-refractivity contribution in [2.24, 2.45) is 0 Å². The molecule has 1 heterocycles. The van der Waals surface area contributed by atoms with Gasteiger partial charge < -0.3 is 19.7 Å². The first-order valence-corrected chi connectivity index (χ1v) is 5.38. The summed E-state index contributed by atoms with van der Waals surface area (Å²) in [5, 5.41) is 18.6. The number of rotatable bonds is 3. The van der Waals surface area contributed by atoms with Crippen LogP contribution in [-0.2, 0) is 14.3 Å². The average Bonchev–Trinajstić information content (AvgIpc) is 2.64. The fourth-order valence-electron chi connectivity index (χ4n) is 1.58. The first kappa shape index (κ1) is 12.5. The van der Waals surface area contributed by atoms with E-state index in [2.05, 4.69) is 4.74 Å². The predicted octanol–water partition coefficient (Wildman–Crippen LogP) is -0.509. The van der Waals surface area contributed by atoms with Crippen LogP contribution in [0.4, 0.5) is 0 Å². The molecular weight excluding hydrogens is 240 g/mol. The topological polar surface area (TPSA) is 93.1 Å².